The van der Waals surface area contributed by atoms with Crippen molar-refractivity contribution in [2.24, 2.45) is 0 Å². The molecule has 1 aliphatic rings. The zero-order valence-electron chi connectivity index (χ0n) is 11.3. The van der Waals surface area contributed by atoms with E-state index < -0.39 is 0 Å². The van der Waals surface area contributed by atoms with Crippen LogP contribution >= 0.6 is 0 Å². The standard InChI is InChI=1S/C14H21FN2O/c1-14(2)10-16-6-7-17(14)9-11-4-5-12(18-3)8-13(11)15/h4-5,8,16H,6-7,9-10H2,1-3H3. The first kappa shape index (κ1) is 13.3. The molecular formula is C14H21FN2O. The monoisotopic (exact) mass is 252 g/mol. The van der Waals surface area contributed by atoms with Crippen molar-refractivity contribution < 1.29 is 9.13 Å². The van der Waals surface area contributed by atoms with E-state index in [0.717, 1.165) is 25.2 Å². The molecule has 0 saturated carbocycles. The quantitative estimate of drug-likeness (QED) is 0.890. The lowest BCUT2D eigenvalue weighted by Gasteiger charge is -2.42. The number of hydrogen-bond acceptors (Lipinski definition) is 3. The van der Waals surface area contributed by atoms with Gasteiger partial charge in [-0.2, -0.15) is 0 Å². The second kappa shape index (κ2) is 5.24. The van der Waals surface area contributed by atoms with Crippen molar-refractivity contribution in [1.29, 1.82) is 0 Å². The fourth-order valence-corrected chi connectivity index (χ4v) is 2.30. The van der Waals surface area contributed by atoms with Gasteiger partial charge in [0.15, 0.2) is 0 Å². The molecule has 2 rings (SSSR count). The highest BCUT2D eigenvalue weighted by molar-refractivity contribution is 5.29. The van der Waals surface area contributed by atoms with Gasteiger partial charge in [0.25, 0.3) is 0 Å². The lowest BCUT2D eigenvalue weighted by molar-refractivity contribution is 0.0816. The Balaban J connectivity index is 2.13. The molecule has 1 aliphatic heterocycles. The number of hydrogen-bond donors (Lipinski definition) is 1. The van der Waals surface area contributed by atoms with E-state index in [-0.39, 0.29) is 11.4 Å². The van der Waals surface area contributed by atoms with Gasteiger partial charge in [-0.1, -0.05) is 6.07 Å². The van der Waals surface area contributed by atoms with E-state index >= 15 is 0 Å². The molecular weight excluding hydrogens is 231 g/mol. The molecule has 1 N–H and O–H groups in total. The molecule has 4 heteroatoms. The van der Waals surface area contributed by atoms with Gasteiger partial charge in [0.1, 0.15) is 11.6 Å². The van der Waals surface area contributed by atoms with Crippen LogP contribution in [0.3, 0.4) is 0 Å². The van der Waals surface area contributed by atoms with Crippen LogP contribution < -0.4 is 10.1 Å². The van der Waals surface area contributed by atoms with Crippen LogP contribution in [0.4, 0.5) is 4.39 Å². The zero-order chi connectivity index (χ0) is 13.2. The number of nitrogens with zero attached hydrogens (tertiary/aromatic N) is 1. The van der Waals surface area contributed by atoms with E-state index in [0.29, 0.717) is 12.3 Å². The predicted octanol–water partition coefficient (Wildman–Crippen LogP) is 2.02. The number of benzene rings is 1. The third kappa shape index (κ3) is 2.82. The number of halogens is 1. The Morgan fingerprint density at radius 2 is 2.22 bits per heavy atom. The highest BCUT2D eigenvalue weighted by atomic mass is 19.1. The van der Waals surface area contributed by atoms with E-state index in [1.807, 2.05) is 12.1 Å². The number of methoxy groups -OCH3 is 1. The summed E-state index contributed by atoms with van der Waals surface area (Å²) in [7, 11) is 1.55. The van der Waals surface area contributed by atoms with Crippen LogP contribution in [-0.4, -0.2) is 37.2 Å². The van der Waals surface area contributed by atoms with Gasteiger partial charge in [-0.3, -0.25) is 4.90 Å². The van der Waals surface area contributed by atoms with Crippen molar-refractivity contribution in [3.8, 4) is 5.75 Å². The maximum atomic E-state index is 13.9. The van der Waals surface area contributed by atoms with Crippen molar-refractivity contribution in [3.63, 3.8) is 0 Å². The normalized spacial score (nSPS) is 19.8. The van der Waals surface area contributed by atoms with Gasteiger partial charge in [0.2, 0.25) is 0 Å². The summed E-state index contributed by atoms with van der Waals surface area (Å²) < 4.78 is 18.9. The van der Waals surface area contributed by atoms with Crippen molar-refractivity contribution in [3.05, 3.63) is 29.6 Å². The fraction of sp³-hybridized carbons (Fsp3) is 0.571. The molecule has 1 saturated heterocycles. The molecule has 0 radical (unpaired) electrons. The molecule has 18 heavy (non-hydrogen) atoms. The third-order valence-corrected chi connectivity index (χ3v) is 3.59. The molecule has 0 bridgehead atoms. The molecule has 1 heterocycles. The van der Waals surface area contributed by atoms with Gasteiger partial charge in [0, 0.05) is 43.3 Å². The summed E-state index contributed by atoms with van der Waals surface area (Å²) in [4.78, 5) is 2.31. The molecule has 0 atom stereocenters. The maximum absolute atomic E-state index is 13.9. The smallest absolute Gasteiger partial charge is 0.131 e. The summed E-state index contributed by atoms with van der Waals surface area (Å²) in [5.74, 6) is 0.375. The van der Waals surface area contributed by atoms with E-state index in [1.54, 1.807) is 7.11 Å². The molecule has 0 aliphatic carbocycles. The number of ether oxygens (including phenoxy) is 1. The number of nitrogens with one attached hydrogen (secondary N) is 1. The molecule has 1 aromatic carbocycles. The van der Waals surface area contributed by atoms with Crippen LogP contribution in [0.25, 0.3) is 0 Å². The van der Waals surface area contributed by atoms with Gasteiger partial charge in [-0.15, -0.1) is 0 Å². The molecule has 0 aromatic heterocycles. The summed E-state index contributed by atoms with van der Waals surface area (Å²) in [6, 6.07) is 5.07. The molecule has 100 valence electrons. The second-order valence-corrected chi connectivity index (χ2v) is 5.37. The lowest BCUT2D eigenvalue weighted by Crippen LogP contribution is -2.57. The first-order chi connectivity index (χ1) is 8.53. The number of piperazine rings is 1. The molecule has 3 nitrogen and oxygen atoms in total. The van der Waals surface area contributed by atoms with Crippen LogP contribution in [0, 0.1) is 5.82 Å². The minimum absolute atomic E-state index is 0.0601. The van der Waals surface area contributed by atoms with Crippen molar-refractivity contribution in [2.45, 2.75) is 25.9 Å². The maximum Gasteiger partial charge on any atom is 0.131 e. The average Bonchev–Trinajstić information content (AvgIpc) is 2.33. The van der Waals surface area contributed by atoms with E-state index in [1.165, 1.54) is 6.07 Å². The van der Waals surface area contributed by atoms with Crippen LogP contribution in [0.5, 0.6) is 5.75 Å². The average molecular weight is 252 g/mol. The van der Waals surface area contributed by atoms with Crippen molar-refractivity contribution >= 4 is 0 Å². The predicted molar refractivity (Wildman–Crippen MR) is 70.3 cm³/mol. The van der Waals surface area contributed by atoms with Gasteiger partial charge in [-0.05, 0) is 19.9 Å². The molecule has 0 amide bonds. The van der Waals surface area contributed by atoms with Crippen LogP contribution in [-0.2, 0) is 6.54 Å². The lowest BCUT2D eigenvalue weighted by atomic mass is 9.99. The summed E-state index contributed by atoms with van der Waals surface area (Å²) in [6.07, 6.45) is 0. The molecule has 1 fully saturated rings. The highest BCUT2D eigenvalue weighted by Crippen LogP contribution is 2.22. The fourth-order valence-electron chi connectivity index (χ4n) is 2.30. The Labute approximate surface area is 108 Å². The molecule has 1 aromatic rings. The van der Waals surface area contributed by atoms with Crippen molar-refractivity contribution in [1.82, 2.24) is 10.2 Å². The van der Waals surface area contributed by atoms with Crippen LogP contribution in [0.2, 0.25) is 0 Å². The molecule has 0 unspecified atom stereocenters. The van der Waals surface area contributed by atoms with Crippen molar-refractivity contribution in [2.75, 3.05) is 26.7 Å². The molecule has 0 spiro atoms. The first-order valence-corrected chi connectivity index (χ1v) is 6.31. The van der Waals surface area contributed by atoms with Crippen LogP contribution in [0.15, 0.2) is 18.2 Å². The highest BCUT2D eigenvalue weighted by Gasteiger charge is 2.29. The van der Waals surface area contributed by atoms with Gasteiger partial charge >= 0.3 is 0 Å². The largest absolute Gasteiger partial charge is 0.497 e. The summed E-state index contributed by atoms with van der Waals surface area (Å²) in [5.41, 5.74) is 0.788. The minimum atomic E-state index is -0.191. The number of rotatable bonds is 3. The topological polar surface area (TPSA) is 24.5 Å². The third-order valence-electron chi connectivity index (χ3n) is 3.59. The second-order valence-electron chi connectivity index (χ2n) is 5.37. The Hall–Kier alpha value is -1.13. The first-order valence-electron chi connectivity index (χ1n) is 6.31. The van der Waals surface area contributed by atoms with Gasteiger partial charge in [0.05, 0.1) is 7.11 Å². The van der Waals surface area contributed by atoms with Gasteiger partial charge < -0.3 is 10.1 Å². The zero-order valence-corrected chi connectivity index (χ0v) is 11.3. The SMILES string of the molecule is COc1ccc(CN2CCNCC2(C)C)c(F)c1. The Bertz CT molecular complexity index is 420. The Morgan fingerprint density at radius 1 is 1.44 bits per heavy atom. The Morgan fingerprint density at radius 3 is 2.83 bits per heavy atom. The van der Waals surface area contributed by atoms with E-state index in [9.17, 15) is 4.39 Å². The minimum Gasteiger partial charge on any atom is -0.497 e. The van der Waals surface area contributed by atoms with Crippen LogP contribution in [0.1, 0.15) is 19.4 Å². The summed E-state index contributed by atoms with van der Waals surface area (Å²) in [6.45, 7) is 7.84. The van der Waals surface area contributed by atoms with E-state index in [2.05, 4.69) is 24.1 Å². The van der Waals surface area contributed by atoms with E-state index in [4.69, 9.17) is 4.74 Å². The summed E-state index contributed by atoms with van der Waals surface area (Å²) in [5, 5.41) is 3.37. The Kier molecular flexibility index (Phi) is 3.88. The summed E-state index contributed by atoms with van der Waals surface area (Å²) >= 11 is 0. The van der Waals surface area contributed by atoms with Gasteiger partial charge in [-0.25, -0.2) is 4.39 Å².